The molecule has 98 valence electrons. The summed E-state index contributed by atoms with van der Waals surface area (Å²) in [4.78, 5) is 14.5. The van der Waals surface area contributed by atoms with Crippen LogP contribution in [0.4, 0.5) is 0 Å². The monoisotopic (exact) mass is 267 g/mol. The van der Waals surface area contributed by atoms with Crippen LogP contribution < -0.4 is 0 Å². The highest BCUT2D eigenvalue weighted by atomic mass is 35.5. The summed E-state index contributed by atoms with van der Waals surface area (Å²) in [5, 5.41) is 0.653. The minimum absolute atomic E-state index is 0.105. The second kappa shape index (κ2) is 5.83. The van der Waals surface area contributed by atoms with E-state index in [1.165, 1.54) is 0 Å². The minimum atomic E-state index is -0.105. The number of ketones is 1. The van der Waals surface area contributed by atoms with Gasteiger partial charge in [-0.05, 0) is 37.6 Å². The highest BCUT2D eigenvalue weighted by molar-refractivity contribution is 6.30. The van der Waals surface area contributed by atoms with Crippen LogP contribution in [0.1, 0.15) is 23.7 Å². The summed E-state index contributed by atoms with van der Waals surface area (Å²) in [5.41, 5.74) is 0.716. The third kappa shape index (κ3) is 2.91. The third-order valence-electron chi connectivity index (χ3n) is 3.57. The zero-order valence-corrected chi connectivity index (χ0v) is 11.5. The predicted octanol–water partition coefficient (Wildman–Crippen LogP) is 2.63. The maximum absolute atomic E-state index is 12.3. The molecule has 4 heteroatoms. The Morgan fingerprint density at radius 1 is 1.44 bits per heavy atom. The van der Waals surface area contributed by atoms with E-state index in [0.29, 0.717) is 10.6 Å². The number of hydrogen-bond acceptors (Lipinski definition) is 3. The fraction of sp³-hybridized carbons (Fsp3) is 0.500. The lowest BCUT2D eigenvalue weighted by Gasteiger charge is -2.22. The van der Waals surface area contributed by atoms with Crippen molar-refractivity contribution in [2.45, 2.75) is 25.5 Å². The summed E-state index contributed by atoms with van der Waals surface area (Å²) in [6.07, 6.45) is 1.25. The van der Waals surface area contributed by atoms with Gasteiger partial charge in [0.05, 0.1) is 12.1 Å². The van der Waals surface area contributed by atoms with Crippen LogP contribution in [-0.4, -0.2) is 43.0 Å². The largest absolute Gasteiger partial charge is 0.380 e. The Kier molecular flexibility index (Phi) is 4.38. The Balaban J connectivity index is 2.03. The molecule has 1 aliphatic heterocycles. The Hall–Kier alpha value is -0.900. The van der Waals surface area contributed by atoms with Crippen molar-refractivity contribution >= 4 is 17.4 Å². The van der Waals surface area contributed by atoms with Gasteiger partial charge in [0.15, 0.2) is 5.78 Å². The first kappa shape index (κ1) is 13.5. The van der Waals surface area contributed by atoms with Gasteiger partial charge in [-0.25, -0.2) is 0 Å². The molecule has 1 heterocycles. The maximum atomic E-state index is 12.3. The number of Topliss-reactive ketones (excluding diaryl/α,β-unsaturated/α-hetero) is 1. The number of benzene rings is 1. The summed E-state index contributed by atoms with van der Waals surface area (Å²) in [6, 6.07) is 6.97. The molecule has 0 saturated carbocycles. The van der Waals surface area contributed by atoms with Gasteiger partial charge in [-0.2, -0.15) is 0 Å². The number of likely N-dealkylation sites (tertiary alicyclic amines) is 1. The molecule has 1 saturated heterocycles. The molecular formula is C14H18ClNO2. The minimum Gasteiger partial charge on any atom is -0.380 e. The first-order valence-electron chi connectivity index (χ1n) is 6.18. The lowest BCUT2D eigenvalue weighted by atomic mass is 10.0. The van der Waals surface area contributed by atoms with Gasteiger partial charge >= 0.3 is 0 Å². The zero-order valence-electron chi connectivity index (χ0n) is 10.7. The van der Waals surface area contributed by atoms with Crippen LogP contribution in [0.3, 0.4) is 0 Å². The molecule has 2 rings (SSSR count). The van der Waals surface area contributed by atoms with Crippen molar-refractivity contribution in [3.8, 4) is 0 Å². The summed E-state index contributed by atoms with van der Waals surface area (Å²) in [7, 11) is 1.72. The molecule has 2 unspecified atom stereocenters. The standard InChI is InChI=1S/C14H18ClNO2/c1-10(16-8-7-13(9-16)18-2)14(17)11-3-5-12(15)6-4-11/h3-6,10,13H,7-9H2,1-2H3. The topological polar surface area (TPSA) is 29.5 Å². The Labute approximate surface area is 113 Å². The highest BCUT2D eigenvalue weighted by Crippen LogP contribution is 2.18. The number of hydrogen-bond donors (Lipinski definition) is 0. The van der Waals surface area contributed by atoms with E-state index < -0.39 is 0 Å². The SMILES string of the molecule is COC1CCN(C(C)C(=O)c2ccc(Cl)cc2)C1. The normalized spacial score (nSPS) is 22.1. The first-order chi connectivity index (χ1) is 8.61. The molecule has 0 aromatic heterocycles. The molecule has 0 aliphatic carbocycles. The molecule has 0 N–H and O–H groups in total. The second-order valence-electron chi connectivity index (χ2n) is 4.69. The number of nitrogens with zero attached hydrogens (tertiary/aromatic N) is 1. The molecular weight excluding hydrogens is 250 g/mol. The first-order valence-corrected chi connectivity index (χ1v) is 6.56. The molecule has 18 heavy (non-hydrogen) atoms. The lowest BCUT2D eigenvalue weighted by Crippen LogP contribution is -2.38. The van der Waals surface area contributed by atoms with E-state index in [-0.39, 0.29) is 17.9 Å². The van der Waals surface area contributed by atoms with Crippen molar-refractivity contribution in [1.82, 2.24) is 4.90 Å². The fourth-order valence-corrected chi connectivity index (χ4v) is 2.45. The maximum Gasteiger partial charge on any atom is 0.179 e. The molecule has 0 spiro atoms. The van der Waals surface area contributed by atoms with Gasteiger partial charge in [0, 0.05) is 30.8 Å². The second-order valence-corrected chi connectivity index (χ2v) is 5.12. The number of carbonyl (C=O) groups is 1. The van der Waals surface area contributed by atoms with Crippen molar-refractivity contribution in [3.63, 3.8) is 0 Å². The number of methoxy groups -OCH3 is 1. The van der Waals surface area contributed by atoms with Gasteiger partial charge in [-0.15, -0.1) is 0 Å². The Morgan fingerprint density at radius 2 is 2.11 bits per heavy atom. The van der Waals surface area contributed by atoms with Crippen LogP contribution in [0.2, 0.25) is 5.02 Å². The predicted molar refractivity (Wildman–Crippen MR) is 72.2 cm³/mol. The fourth-order valence-electron chi connectivity index (χ4n) is 2.32. The van der Waals surface area contributed by atoms with Gasteiger partial charge < -0.3 is 4.74 Å². The quantitative estimate of drug-likeness (QED) is 0.786. The van der Waals surface area contributed by atoms with E-state index in [9.17, 15) is 4.79 Å². The Bertz CT molecular complexity index is 418. The van der Waals surface area contributed by atoms with Gasteiger partial charge in [-0.1, -0.05) is 11.6 Å². The number of ether oxygens (including phenoxy) is 1. The van der Waals surface area contributed by atoms with Gasteiger partial charge in [-0.3, -0.25) is 9.69 Å². The molecule has 1 aromatic carbocycles. The molecule has 2 atom stereocenters. The van der Waals surface area contributed by atoms with Crippen molar-refractivity contribution in [1.29, 1.82) is 0 Å². The molecule has 0 amide bonds. The van der Waals surface area contributed by atoms with Crippen molar-refractivity contribution < 1.29 is 9.53 Å². The molecule has 3 nitrogen and oxygen atoms in total. The summed E-state index contributed by atoms with van der Waals surface area (Å²) in [5.74, 6) is 0.142. The van der Waals surface area contributed by atoms with Crippen molar-refractivity contribution in [2.75, 3.05) is 20.2 Å². The van der Waals surface area contributed by atoms with Crippen LogP contribution >= 0.6 is 11.6 Å². The summed E-state index contributed by atoms with van der Waals surface area (Å²) in [6.45, 7) is 3.70. The van der Waals surface area contributed by atoms with Crippen LogP contribution in [0, 0.1) is 0 Å². The number of halogens is 1. The third-order valence-corrected chi connectivity index (χ3v) is 3.82. The van der Waals surface area contributed by atoms with E-state index in [1.807, 2.05) is 6.92 Å². The lowest BCUT2D eigenvalue weighted by molar-refractivity contribution is 0.0801. The van der Waals surface area contributed by atoms with Crippen molar-refractivity contribution in [3.05, 3.63) is 34.9 Å². The van der Waals surface area contributed by atoms with Crippen LogP contribution in [0.5, 0.6) is 0 Å². The van der Waals surface area contributed by atoms with Crippen LogP contribution in [0.25, 0.3) is 0 Å². The van der Waals surface area contributed by atoms with Crippen LogP contribution in [-0.2, 0) is 4.74 Å². The summed E-state index contributed by atoms with van der Waals surface area (Å²) >= 11 is 5.82. The average molecular weight is 268 g/mol. The molecule has 1 aliphatic rings. The van der Waals surface area contributed by atoms with E-state index in [0.717, 1.165) is 19.5 Å². The number of carbonyl (C=O) groups excluding carboxylic acids is 1. The van der Waals surface area contributed by atoms with Crippen molar-refractivity contribution in [2.24, 2.45) is 0 Å². The smallest absolute Gasteiger partial charge is 0.179 e. The van der Waals surface area contributed by atoms with Gasteiger partial charge in [0.1, 0.15) is 0 Å². The van der Waals surface area contributed by atoms with Gasteiger partial charge in [0.2, 0.25) is 0 Å². The van der Waals surface area contributed by atoms with E-state index >= 15 is 0 Å². The molecule has 1 fully saturated rings. The average Bonchev–Trinajstić information content (AvgIpc) is 2.86. The Morgan fingerprint density at radius 3 is 2.67 bits per heavy atom. The highest BCUT2D eigenvalue weighted by Gasteiger charge is 2.29. The summed E-state index contributed by atoms with van der Waals surface area (Å²) < 4.78 is 5.32. The van der Waals surface area contributed by atoms with E-state index in [1.54, 1.807) is 31.4 Å². The number of rotatable bonds is 4. The molecule has 0 radical (unpaired) electrons. The zero-order chi connectivity index (χ0) is 13.1. The van der Waals surface area contributed by atoms with E-state index in [4.69, 9.17) is 16.3 Å². The van der Waals surface area contributed by atoms with Gasteiger partial charge in [0.25, 0.3) is 0 Å². The van der Waals surface area contributed by atoms with Crippen LogP contribution in [0.15, 0.2) is 24.3 Å². The van der Waals surface area contributed by atoms with E-state index in [2.05, 4.69) is 4.90 Å². The molecule has 1 aromatic rings. The molecule has 0 bridgehead atoms.